The lowest BCUT2D eigenvalue weighted by molar-refractivity contribution is 0.100. The summed E-state index contributed by atoms with van der Waals surface area (Å²) in [7, 11) is 0. The highest BCUT2D eigenvalue weighted by atomic mass is 32.1. The van der Waals surface area contributed by atoms with Gasteiger partial charge in [0.05, 0.1) is 10.6 Å². The lowest BCUT2D eigenvalue weighted by Gasteiger charge is -2.26. The Bertz CT molecular complexity index is 462. The van der Waals surface area contributed by atoms with Gasteiger partial charge in [-0.1, -0.05) is 26.1 Å². The molecule has 4 N–H and O–H groups in total. The van der Waals surface area contributed by atoms with Gasteiger partial charge in [-0.3, -0.25) is 4.79 Å². The van der Waals surface area contributed by atoms with E-state index in [1.165, 1.54) is 0 Å². The molecule has 0 aliphatic heterocycles. The van der Waals surface area contributed by atoms with Gasteiger partial charge in [0, 0.05) is 25.7 Å². The third-order valence-corrected chi connectivity index (χ3v) is 2.77. The van der Waals surface area contributed by atoms with E-state index in [-0.39, 0.29) is 0 Å². The summed E-state index contributed by atoms with van der Waals surface area (Å²) in [4.78, 5) is 18.2. The van der Waals surface area contributed by atoms with Crippen molar-refractivity contribution in [1.82, 2.24) is 4.98 Å². The summed E-state index contributed by atoms with van der Waals surface area (Å²) < 4.78 is 0. The first kappa shape index (κ1) is 15.4. The Morgan fingerprint density at radius 1 is 1.47 bits per heavy atom. The van der Waals surface area contributed by atoms with Crippen molar-refractivity contribution in [2.75, 3.05) is 18.0 Å². The standard InChI is InChI=1S/C13H20N4OS/c1-9(2)8-17(7-5-11(14)19)13-10(12(15)18)4-3-6-16-13/h3-4,6,9H,5,7-8H2,1-2H3,(H2,14,19)(H2,15,18). The molecular weight excluding hydrogens is 260 g/mol. The van der Waals surface area contributed by atoms with E-state index in [1.807, 2.05) is 4.90 Å². The van der Waals surface area contributed by atoms with Crippen molar-refractivity contribution in [2.24, 2.45) is 17.4 Å². The Kier molecular flexibility index (Phi) is 5.69. The molecule has 0 saturated carbocycles. The Labute approximate surface area is 119 Å². The van der Waals surface area contributed by atoms with Gasteiger partial charge in [0.1, 0.15) is 5.82 Å². The molecule has 1 aromatic rings. The Hall–Kier alpha value is -1.69. The fourth-order valence-electron chi connectivity index (χ4n) is 1.81. The Morgan fingerprint density at radius 3 is 2.68 bits per heavy atom. The van der Waals surface area contributed by atoms with Crippen molar-refractivity contribution in [3.05, 3.63) is 23.9 Å². The summed E-state index contributed by atoms with van der Waals surface area (Å²) in [6, 6.07) is 3.38. The average molecular weight is 280 g/mol. The number of rotatable bonds is 7. The molecule has 0 saturated heterocycles. The number of carbonyl (C=O) groups excluding carboxylic acids is 1. The van der Waals surface area contributed by atoms with Gasteiger partial charge in [-0.15, -0.1) is 0 Å². The van der Waals surface area contributed by atoms with Crippen molar-refractivity contribution in [2.45, 2.75) is 20.3 Å². The predicted molar refractivity (Wildman–Crippen MR) is 81.2 cm³/mol. The minimum atomic E-state index is -0.479. The second-order valence-corrected chi connectivity index (χ2v) is 5.32. The van der Waals surface area contributed by atoms with E-state index in [2.05, 4.69) is 18.8 Å². The molecule has 5 nitrogen and oxygen atoms in total. The van der Waals surface area contributed by atoms with Gasteiger partial charge in [-0.25, -0.2) is 4.98 Å². The van der Waals surface area contributed by atoms with Crippen molar-refractivity contribution in [3.63, 3.8) is 0 Å². The first-order valence-electron chi connectivity index (χ1n) is 6.20. The van der Waals surface area contributed by atoms with Crippen LogP contribution in [0.2, 0.25) is 0 Å². The smallest absolute Gasteiger partial charge is 0.252 e. The van der Waals surface area contributed by atoms with Gasteiger partial charge in [0.2, 0.25) is 0 Å². The zero-order chi connectivity index (χ0) is 14.4. The maximum absolute atomic E-state index is 11.5. The molecule has 104 valence electrons. The van der Waals surface area contributed by atoms with Crippen molar-refractivity contribution >= 4 is 28.9 Å². The number of hydrogen-bond donors (Lipinski definition) is 2. The minimum absolute atomic E-state index is 0.422. The molecular formula is C13H20N4OS. The van der Waals surface area contributed by atoms with E-state index in [0.29, 0.717) is 35.3 Å². The van der Waals surface area contributed by atoms with Crippen LogP contribution in [0.3, 0.4) is 0 Å². The van der Waals surface area contributed by atoms with Gasteiger partial charge < -0.3 is 16.4 Å². The number of amides is 1. The van der Waals surface area contributed by atoms with E-state index in [4.69, 9.17) is 23.7 Å². The van der Waals surface area contributed by atoms with Gasteiger partial charge >= 0.3 is 0 Å². The van der Waals surface area contributed by atoms with Crippen LogP contribution < -0.4 is 16.4 Å². The van der Waals surface area contributed by atoms with E-state index in [1.54, 1.807) is 18.3 Å². The maximum Gasteiger partial charge on any atom is 0.252 e. The predicted octanol–water partition coefficient (Wildman–Crippen LogP) is 1.32. The lowest BCUT2D eigenvalue weighted by Crippen LogP contribution is -2.33. The van der Waals surface area contributed by atoms with Crippen LogP contribution in [0.1, 0.15) is 30.6 Å². The molecule has 0 spiro atoms. The SMILES string of the molecule is CC(C)CN(CCC(N)=S)c1ncccc1C(N)=O. The summed E-state index contributed by atoms with van der Waals surface area (Å²) in [5.74, 6) is 0.543. The third kappa shape index (κ3) is 4.82. The minimum Gasteiger partial charge on any atom is -0.393 e. The molecule has 1 aromatic heterocycles. The highest BCUT2D eigenvalue weighted by Crippen LogP contribution is 2.18. The van der Waals surface area contributed by atoms with Gasteiger partial charge in [0.15, 0.2) is 0 Å². The molecule has 0 aliphatic rings. The van der Waals surface area contributed by atoms with Crippen LogP contribution in [-0.4, -0.2) is 29.0 Å². The second kappa shape index (κ2) is 7.04. The van der Waals surface area contributed by atoms with E-state index < -0.39 is 5.91 Å². The van der Waals surface area contributed by atoms with Crippen LogP contribution in [-0.2, 0) is 0 Å². The number of hydrogen-bond acceptors (Lipinski definition) is 4. The first-order chi connectivity index (χ1) is 8.91. The molecule has 0 bridgehead atoms. The number of pyridine rings is 1. The fraction of sp³-hybridized carbons (Fsp3) is 0.462. The van der Waals surface area contributed by atoms with Crippen LogP contribution >= 0.6 is 12.2 Å². The maximum atomic E-state index is 11.5. The van der Waals surface area contributed by atoms with Crippen LogP contribution in [0.15, 0.2) is 18.3 Å². The normalized spacial score (nSPS) is 10.5. The molecule has 1 heterocycles. The number of carbonyl (C=O) groups is 1. The third-order valence-electron chi connectivity index (χ3n) is 2.57. The van der Waals surface area contributed by atoms with Crippen molar-refractivity contribution < 1.29 is 4.79 Å². The Morgan fingerprint density at radius 2 is 2.16 bits per heavy atom. The number of primary amides is 1. The molecule has 0 aromatic carbocycles. The van der Waals surface area contributed by atoms with Crippen molar-refractivity contribution in [3.8, 4) is 0 Å². The molecule has 0 fully saturated rings. The summed E-state index contributed by atoms with van der Waals surface area (Å²) in [6.07, 6.45) is 2.23. The van der Waals surface area contributed by atoms with Crippen LogP contribution in [0.25, 0.3) is 0 Å². The Balaban J connectivity index is 3.02. The lowest BCUT2D eigenvalue weighted by atomic mass is 10.1. The summed E-state index contributed by atoms with van der Waals surface area (Å²) in [5, 5.41) is 0. The fourth-order valence-corrected chi connectivity index (χ4v) is 1.90. The number of anilines is 1. The van der Waals surface area contributed by atoms with E-state index in [9.17, 15) is 4.79 Å². The molecule has 1 amide bonds. The molecule has 6 heteroatoms. The number of nitrogens with two attached hydrogens (primary N) is 2. The second-order valence-electron chi connectivity index (χ2n) is 4.79. The van der Waals surface area contributed by atoms with Crippen LogP contribution in [0.5, 0.6) is 0 Å². The molecule has 19 heavy (non-hydrogen) atoms. The largest absolute Gasteiger partial charge is 0.393 e. The highest BCUT2D eigenvalue weighted by molar-refractivity contribution is 7.80. The molecule has 0 atom stereocenters. The van der Waals surface area contributed by atoms with E-state index in [0.717, 1.165) is 6.54 Å². The molecule has 0 radical (unpaired) electrons. The van der Waals surface area contributed by atoms with Gasteiger partial charge in [-0.2, -0.15) is 0 Å². The summed E-state index contributed by atoms with van der Waals surface area (Å²) in [6.45, 7) is 5.59. The summed E-state index contributed by atoms with van der Waals surface area (Å²) >= 11 is 4.90. The van der Waals surface area contributed by atoms with Gasteiger partial charge in [0.25, 0.3) is 5.91 Å². The topological polar surface area (TPSA) is 85.2 Å². The number of thiocarbonyl (C=S) groups is 1. The zero-order valence-corrected chi connectivity index (χ0v) is 12.1. The first-order valence-corrected chi connectivity index (χ1v) is 6.60. The molecule has 1 rings (SSSR count). The average Bonchev–Trinajstić information content (AvgIpc) is 2.33. The number of aromatic nitrogens is 1. The molecule has 0 unspecified atom stereocenters. The highest BCUT2D eigenvalue weighted by Gasteiger charge is 2.16. The molecule has 0 aliphatic carbocycles. The van der Waals surface area contributed by atoms with Crippen molar-refractivity contribution in [1.29, 1.82) is 0 Å². The van der Waals surface area contributed by atoms with E-state index >= 15 is 0 Å². The monoisotopic (exact) mass is 280 g/mol. The van der Waals surface area contributed by atoms with Crippen LogP contribution in [0, 0.1) is 5.92 Å². The quantitative estimate of drug-likeness (QED) is 0.736. The number of nitrogens with zero attached hydrogens (tertiary/aromatic N) is 2. The summed E-state index contributed by atoms with van der Waals surface area (Å²) in [5.41, 5.74) is 11.3. The van der Waals surface area contributed by atoms with Gasteiger partial charge in [-0.05, 0) is 18.1 Å². The zero-order valence-electron chi connectivity index (χ0n) is 11.3. The van der Waals surface area contributed by atoms with Crippen LogP contribution in [0.4, 0.5) is 5.82 Å².